The van der Waals surface area contributed by atoms with Gasteiger partial charge in [0.1, 0.15) is 5.82 Å². The summed E-state index contributed by atoms with van der Waals surface area (Å²) in [7, 11) is 0. The molecule has 35 heavy (non-hydrogen) atoms. The van der Waals surface area contributed by atoms with Gasteiger partial charge in [-0.05, 0) is 74.0 Å². The van der Waals surface area contributed by atoms with Crippen molar-refractivity contribution in [3.63, 3.8) is 0 Å². The van der Waals surface area contributed by atoms with E-state index in [-0.39, 0.29) is 35.6 Å². The molecule has 1 aliphatic heterocycles. The molecule has 6 nitrogen and oxygen atoms in total. The largest absolute Gasteiger partial charge is 0.356 e. The molecule has 3 N–H and O–H groups in total. The van der Waals surface area contributed by atoms with Gasteiger partial charge < -0.3 is 20.9 Å². The number of nitrogens with zero attached hydrogens (tertiary/aromatic N) is 1. The van der Waals surface area contributed by atoms with E-state index in [1.165, 1.54) is 12.1 Å². The number of hydrogen-bond donors (Lipinski definition) is 3. The van der Waals surface area contributed by atoms with Crippen molar-refractivity contribution in [3.8, 4) is 0 Å². The second-order valence-electron chi connectivity index (χ2n) is 9.37. The van der Waals surface area contributed by atoms with Crippen LogP contribution in [0.3, 0.4) is 0 Å². The van der Waals surface area contributed by atoms with Crippen LogP contribution in [0.4, 0.5) is 14.9 Å². The summed E-state index contributed by atoms with van der Waals surface area (Å²) in [4.78, 5) is 26.9. The molecule has 1 saturated carbocycles. The first kappa shape index (κ1) is 25.7. The van der Waals surface area contributed by atoms with Crippen LogP contribution in [0.5, 0.6) is 0 Å². The minimum atomic E-state index is -0.380. The van der Waals surface area contributed by atoms with Crippen LogP contribution >= 0.6 is 23.2 Å². The Morgan fingerprint density at radius 1 is 1.06 bits per heavy atom. The number of carbonyl (C=O) groups is 2. The molecule has 1 aliphatic carbocycles. The number of halogens is 3. The number of amides is 3. The smallest absolute Gasteiger partial charge is 0.319 e. The van der Waals surface area contributed by atoms with E-state index < -0.39 is 0 Å². The number of likely N-dealkylation sites (tertiary alicyclic amines) is 1. The highest BCUT2D eigenvalue weighted by molar-refractivity contribution is 6.42. The van der Waals surface area contributed by atoms with Crippen molar-refractivity contribution < 1.29 is 14.0 Å². The van der Waals surface area contributed by atoms with Crippen LogP contribution in [-0.4, -0.2) is 49.1 Å². The number of urea groups is 1. The lowest BCUT2D eigenvalue weighted by Crippen LogP contribution is -2.39. The SMILES string of the molecule is O=C(Nc1cccc(F)c1)N[C@H]1CCN(CCCCCNC(=O)C2CC2c2ccc(Cl)c(Cl)c2)C1. The standard InChI is InChI=1S/C26H31Cl2FN4O2/c27-23-8-7-17(13-24(23)28)21-15-22(21)25(34)30-10-2-1-3-11-33-12-9-20(16-33)32-26(35)31-19-6-4-5-18(29)14-19/h4-8,13-14,20-22H,1-3,9-12,15-16H2,(H,30,34)(H2,31,32,35)/t20-,21?,22?/m0/s1. The van der Waals surface area contributed by atoms with Crippen molar-refractivity contribution >= 4 is 40.8 Å². The zero-order chi connectivity index (χ0) is 24.8. The van der Waals surface area contributed by atoms with Crippen molar-refractivity contribution in [2.24, 2.45) is 5.92 Å². The third-order valence-corrected chi connectivity index (χ3v) is 7.38. The summed E-state index contributed by atoms with van der Waals surface area (Å²) in [6, 6.07) is 11.2. The van der Waals surface area contributed by atoms with Gasteiger partial charge in [0.05, 0.1) is 10.0 Å². The van der Waals surface area contributed by atoms with Crippen LogP contribution in [0, 0.1) is 11.7 Å². The Hall–Kier alpha value is -2.35. The molecule has 0 radical (unpaired) electrons. The van der Waals surface area contributed by atoms with Crippen molar-refractivity contribution in [1.29, 1.82) is 0 Å². The van der Waals surface area contributed by atoms with Crippen LogP contribution < -0.4 is 16.0 Å². The Kier molecular flexibility index (Phi) is 8.87. The highest BCUT2D eigenvalue weighted by Crippen LogP contribution is 2.48. The first-order valence-electron chi connectivity index (χ1n) is 12.2. The van der Waals surface area contributed by atoms with Crippen LogP contribution in [0.2, 0.25) is 10.0 Å². The van der Waals surface area contributed by atoms with Gasteiger partial charge in [0.15, 0.2) is 0 Å². The molecule has 0 aromatic heterocycles. The number of nitrogens with one attached hydrogen (secondary N) is 3. The van der Waals surface area contributed by atoms with Crippen LogP contribution in [0.15, 0.2) is 42.5 Å². The van der Waals surface area contributed by atoms with E-state index in [1.807, 2.05) is 12.1 Å². The lowest BCUT2D eigenvalue weighted by molar-refractivity contribution is -0.122. The van der Waals surface area contributed by atoms with Crippen LogP contribution in [-0.2, 0) is 4.79 Å². The van der Waals surface area contributed by atoms with E-state index in [4.69, 9.17) is 23.2 Å². The molecule has 3 amide bonds. The lowest BCUT2D eigenvalue weighted by Gasteiger charge is -2.17. The minimum Gasteiger partial charge on any atom is -0.356 e. The molecular weight excluding hydrogens is 490 g/mol. The van der Waals surface area contributed by atoms with Crippen molar-refractivity contribution in [3.05, 3.63) is 63.9 Å². The van der Waals surface area contributed by atoms with E-state index >= 15 is 0 Å². The Morgan fingerprint density at radius 3 is 2.71 bits per heavy atom. The van der Waals surface area contributed by atoms with Gasteiger partial charge in [-0.1, -0.05) is 41.8 Å². The second-order valence-corrected chi connectivity index (χ2v) is 10.2. The Bertz CT molecular complexity index is 1050. The molecule has 0 bridgehead atoms. The number of unbranched alkanes of at least 4 members (excludes halogenated alkanes) is 2. The molecule has 2 aromatic carbocycles. The quantitative estimate of drug-likeness (QED) is 0.366. The summed E-state index contributed by atoms with van der Waals surface area (Å²) in [6.45, 7) is 3.41. The predicted octanol–water partition coefficient (Wildman–Crippen LogP) is 5.42. The van der Waals surface area contributed by atoms with Gasteiger partial charge in [-0.2, -0.15) is 0 Å². The zero-order valence-electron chi connectivity index (χ0n) is 19.5. The summed E-state index contributed by atoms with van der Waals surface area (Å²) in [5, 5.41) is 9.76. The normalized spacial score (nSPS) is 21.5. The molecule has 2 aliphatic rings. The van der Waals surface area contributed by atoms with Gasteiger partial charge in [-0.3, -0.25) is 4.79 Å². The molecule has 9 heteroatoms. The van der Waals surface area contributed by atoms with E-state index in [1.54, 1.807) is 18.2 Å². The van der Waals surface area contributed by atoms with Crippen LogP contribution in [0.1, 0.15) is 43.6 Å². The molecule has 3 atom stereocenters. The second kappa shape index (κ2) is 12.1. The Morgan fingerprint density at radius 2 is 1.91 bits per heavy atom. The first-order valence-corrected chi connectivity index (χ1v) is 12.9. The average Bonchev–Trinajstić information content (AvgIpc) is 3.51. The fourth-order valence-electron chi connectivity index (χ4n) is 4.65. The van der Waals surface area contributed by atoms with Gasteiger partial charge in [-0.25, -0.2) is 9.18 Å². The summed E-state index contributed by atoms with van der Waals surface area (Å²) < 4.78 is 13.2. The van der Waals surface area contributed by atoms with Gasteiger partial charge in [0.2, 0.25) is 5.91 Å². The van der Waals surface area contributed by atoms with Crippen molar-refractivity contribution in [2.45, 2.75) is 44.1 Å². The van der Waals surface area contributed by atoms with Crippen LogP contribution in [0.25, 0.3) is 0 Å². The first-order chi connectivity index (χ1) is 16.9. The summed E-state index contributed by atoms with van der Waals surface area (Å²) in [6.07, 6.45) is 4.78. The van der Waals surface area contributed by atoms with Gasteiger partial charge >= 0.3 is 6.03 Å². The van der Waals surface area contributed by atoms with Crippen molar-refractivity contribution in [1.82, 2.24) is 15.5 Å². The molecule has 1 heterocycles. The molecule has 4 rings (SSSR count). The van der Waals surface area contributed by atoms with E-state index in [9.17, 15) is 14.0 Å². The maximum Gasteiger partial charge on any atom is 0.319 e. The highest BCUT2D eigenvalue weighted by atomic mass is 35.5. The molecule has 2 fully saturated rings. The Labute approximate surface area is 215 Å². The number of carbonyl (C=O) groups excluding carboxylic acids is 2. The third kappa shape index (κ3) is 7.56. The number of hydrogen-bond acceptors (Lipinski definition) is 3. The van der Waals surface area contributed by atoms with E-state index in [0.717, 1.165) is 57.3 Å². The third-order valence-electron chi connectivity index (χ3n) is 6.64. The lowest BCUT2D eigenvalue weighted by atomic mass is 10.1. The summed E-state index contributed by atoms with van der Waals surface area (Å²) >= 11 is 12.1. The van der Waals surface area contributed by atoms with Gasteiger partial charge in [0.25, 0.3) is 0 Å². The van der Waals surface area contributed by atoms with Crippen molar-refractivity contribution in [2.75, 3.05) is 31.5 Å². The number of anilines is 1. The molecule has 1 saturated heterocycles. The van der Waals surface area contributed by atoms with Gasteiger partial charge in [0, 0.05) is 37.3 Å². The summed E-state index contributed by atoms with van der Waals surface area (Å²) in [5.41, 5.74) is 1.51. The fourth-order valence-corrected chi connectivity index (χ4v) is 4.95. The minimum absolute atomic E-state index is 0.0272. The molecule has 2 aromatic rings. The average molecular weight is 521 g/mol. The summed E-state index contributed by atoms with van der Waals surface area (Å²) in [5.74, 6) is -0.00249. The molecule has 188 valence electrons. The number of benzene rings is 2. The predicted molar refractivity (Wildman–Crippen MR) is 138 cm³/mol. The maximum atomic E-state index is 13.2. The molecule has 2 unspecified atom stereocenters. The molecule has 0 spiro atoms. The van der Waals surface area contributed by atoms with Gasteiger partial charge in [-0.15, -0.1) is 0 Å². The number of rotatable bonds is 10. The topological polar surface area (TPSA) is 73.5 Å². The zero-order valence-corrected chi connectivity index (χ0v) is 21.0. The maximum absolute atomic E-state index is 13.2. The highest BCUT2D eigenvalue weighted by Gasteiger charge is 2.43. The Balaban J connectivity index is 1.04. The van der Waals surface area contributed by atoms with E-state index in [0.29, 0.717) is 22.3 Å². The fraction of sp³-hybridized carbons (Fsp3) is 0.462. The molecular formula is C26H31Cl2FN4O2. The van der Waals surface area contributed by atoms with E-state index in [2.05, 4.69) is 20.9 Å². The monoisotopic (exact) mass is 520 g/mol.